The molecule has 11 heteroatoms. The van der Waals surface area contributed by atoms with Crippen LogP contribution in [-0.4, -0.2) is 38.7 Å². The number of nitro groups is 1. The van der Waals surface area contributed by atoms with Gasteiger partial charge in [0.2, 0.25) is 11.7 Å². The van der Waals surface area contributed by atoms with Crippen LogP contribution in [0.4, 0.5) is 4.39 Å². The highest BCUT2D eigenvalue weighted by Gasteiger charge is 2.33. The van der Waals surface area contributed by atoms with Gasteiger partial charge in [0, 0.05) is 29.5 Å². The Morgan fingerprint density at radius 3 is 2.72 bits per heavy atom. The molecular formula is C14H8FN5O5. The molecule has 0 bridgehead atoms. The smallest absolute Gasteiger partial charge is 0.285 e. The van der Waals surface area contributed by atoms with Gasteiger partial charge < -0.3 is 0 Å². The molecule has 0 atom stereocenters. The highest BCUT2D eigenvalue weighted by molar-refractivity contribution is 6.51. The van der Waals surface area contributed by atoms with Gasteiger partial charge in [0.15, 0.2) is 5.82 Å². The average molecular weight is 345 g/mol. The summed E-state index contributed by atoms with van der Waals surface area (Å²) < 4.78 is 13.4. The summed E-state index contributed by atoms with van der Waals surface area (Å²) in [6.07, 6.45) is 6.39. The summed E-state index contributed by atoms with van der Waals surface area (Å²) in [4.78, 5) is 37.1. The van der Waals surface area contributed by atoms with Gasteiger partial charge >= 0.3 is 11.5 Å². The Kier molecular flexibility index (Phi) is 3.91. The lowest BCUT2D eigenvalue weighted by Gasteiger charge is -2.17. The summed E-state index contributed by atoms with van der Waals surface area (Å²) in [5.74, 6) is -3.14. The summed E-state index contributed by atoms with van der Waals surface area (Å²) >= 11 is 0. The van der Waals surface area contributed by atoms with Crippen molar-refractivity contribution in [3.8, 4) is 0 Å². The topological polar surface area (TPSA) is 138 Å². The van der Waals surface area contributed by atoms with Crippen LogP contribution in [0.5, 0.6) is 0 Å². The number of carbonyl (C=O) groups is 2. The van der Waals surface area contributed by atoms with Crippen LogP contribution in [0.15, 0.2) is 69.2 Å². The summed E-state index contributed by atoms with van der Waals surface area (Å²) in [6, 6.07) is 0. The zero-order chi connectivity index (χ0) is 18.1. The zero-order valence-electron chi connectivity index (χ0n) is 12.2. The lowest BCUT2D eigenvalue weighted by atomic mass is 9.99. The van der Waals surface area contributed by atoms with Crippen molar-refractivity contribution in [2.24, 2.45) is 10.1 Å². The fourth-order valence-electron chi connectivity index (χ4n) is 2.08. The second-order valence-electron chi connectivity index (χ2n) is 4.88. The van der Waals surface area contributed by atoms with E-state index >= 15 is 0 Å². The number of nitrogens with zero attached hydrogens (tertiary/aromatic N) is 4. The van der Waals surface area contributed by atoms with Crippen LogP contribution in [0, 0.1) is 10.1 Å². The van der Waals surface area contributed by atoms with Gasteiger partial charge in [0.25, 0.3) is 0 Å². The molecule has 0 aromatic rings. The van der Waals surface area contributed by atoms with Gasteiger partial charge in [-0.3, -0.25) is 30.3 Å². The Balaban J connectivity index is 2.02. The van der Waals surface area contributed by atoms with Gasteiger partial charge in [0.05, 0.1) is 16.8 Å². The first kappa shape index (κ1) is 16.1. The fourth-order valence-corrected chi connectivity index (χ4v) is 2.08. The maximum Gasteiger partial charge on any atom is 0.321 e. The molecule has 0 aromatic heterocycles. The number of nitrogens with one attached hydrogen (secondary N) is 1. The van der Waals surface area contributed by atoms with Crippen molar-refractivity contribution in [2.75, 3.05) is 0 Å². The van der Waals surface area contributed by atoms with Crippen molar-refractivity contribution in [1.29, 1.82) is 0 Å². The summed E-state index contributed by atoms with van der Waals surface area (Å²) in [6.45, 7) is 0. The minimum Gasteiger partial charge on any atom is -0.285 e. The van der Waals surface area contributed by atoms with Crippen LogP contribution >= 0.6 is 0 Å². The first-order valence-electron chi connectivity index (χ1n) is 6.69. The van der Waals surface area contributed by atoms with E-state index in [1.165, 1.54) is 12.3 Å². The van der Waals surface area contributed by atoms with Crippen molar-refractivity contribution >= 4 is 23.5 Å². The van der Waals surface area contributed by atoms with E-state index in [0.29, 0.717) is 0 Å². The molecule has 2 aliphatic heterocycles. The number of allylic oxidation sites excluding steroid dienone is 7. The number of hydrogen-bond donors (Lipinski definition) is 2. The highest BCUT2D eigenvalue weighted by Crippen LogP contribution is 2.21. The molecule has 0 radical (unpaired) electrons. The van der Waals surface area contributed by atoms with Gasteiger partial charge in [-0.25, -0.2) is 10.1 Å². The quantitative estimate of drug-likeness (QED) is 0.244. The number of aliphatic imine (C=N–C) groups is 1. The molecule has 126 valence electrons. The summed E-state index contributed by atoms with van der Waals surface area (Å²) in [5.41, 5.74) is 1.96. The number of hydrogen-bond acceptors (Lipinski definition) is 9. The molecule has 0 fully saturated rings. The second-order valence-corrected chi connectivity index (χ2v) is 4.88. The monoisotopic (exact) mass is 345 g/mol. The van der Waals surface area contributed by atoms with Crippen LogP contribution in [0.3, 0.4) is 0 Å². The molecule has 0 aromatic carbocycles. The third-order valence-electron chi connectivity index (χ3n) is 3.28. The van der Waals surface area contributed by atoms with Gasteiger partial charge in [0.1, 0.15) is 0 Å². The standard InChI is InChI=1S/C14H8FN5O5/c15-12-5-7(1-2-19(12)23)14-17-9(6-16-18-14)8-3-10(20(24)25)13(22)11(21)4-8/h1-6,18,23H/b14-7+. The van der Waals surface area contributed by atoms with Crippen molar-refractivity contribution < 1.29 is 24.1 Å². The molecular weight excluding hydrogens is 337 g/mol. The van der Waals surface area contributed by atoms with Crippen molar-refractivity contribution in [3.05, 3.63) is 69.2 Å². The van der Waals surface area contributed by atoms with E-state index in [1.807, 2.05) is 0 Å². The molecule has 2 heterocycles. The largest absolute Gasteiger partial charge is 0.321 e. The van der Waals surface area contributed by atoms with E-state index in [2.05, 4.69) is 15.5 Å². The van der Waals surface area contributed by atoms with E-state index in [-0.39, 0.29) is 27.7 Å². The second kappa shape index (κ2) is 6.05. The van der Waals surface area contributed by atoms with E-state index in [9.17, 15) is 24.1 Å². The first-order valence-corrected chi connectivity index (χ1v) is 6.69. The van der Waals surface area contributed by atoms with Crippen molar-refractivity contribution in [1.82, 2.24) is 10.5 Å². The van der Waals surface area contributed by atoms with E-state index in [4.69, 9.17) is 5.21 Å². The molecule has 0 saturated heterocycles. The number of carbonyl (C=O) groups excluding carboxylic acids is 2. The fraction of sp³-hybridized carbons (Fsp3) is 0. The number of halogens is 1. The Morgan fingerprint density at radius 2 is 2.04 bits per heavy atom. The Hall–Kier alpha value is -3.73. The number of hydroxylamine groups is 2. The number of rotatable bonds is 2. The van der Waals surface area contributed by atoms with Crippen LogP contribution in [0.1, 0.15) is 0 Å². The predicted molar refractivity (Wildman–Crippen MR) is 81.2 cm³/mol. The van der Waals surface area contributed by atoms with E-state index in [1.54, 1.807) is 0 Å². The van der Waals surface area contributed by atoms with Crippen molar-refractivity contribution in [3.63, 3.8) is 0 Å². The Labute approximate surface area is 138 Å². The van der Waals surface area contributed by atoms with Crippen LogP contribution in [0.25, 0.3) is 0 Å². The Bertz CT molecular complexity index is 922. The van der Waals surface area contributed by atoms with Crippen LogP contribution < -0.4 is 5.43 Å². The molecule has 3 aliphatic rings. The molecule has 1 aliphatic carbocycles. The van der Waals surface area contributed by atoms with Crippen LogP contribution in [-0.2, 0) is 9.59 Å². The molecule has 0 spiro atoms. The van der Waals surface area contributed by atoms with Gasteiger partial charge in [-0.05, 0) is 12.2 Å². The zero-order valence-corrected chi connectivity index (χ0v) is 12.2. The van der Waals surface area contributed by atoms with Gasteiger partial charge in [-0.15, -0.1) is 0 Å². The van der Waals surface area contributed by atoms with Gasteiger partial charge in [-0.2, -0.15) is 9.49 Å². The third kappa shape index (κ3) is 3.03. The maximum atomic E-state index is 13.4. The van der Waals surface area contributed by atoms with Gasteiger partial charge in [-0.1, -0.05) is 0 Å². The minimum absolute atomic E-state index is 0.0210. The SMILES string of the molecule is O=C1C=C(C2=N/C(=C3/C=CN(O)C(F)=C3)NN=C2)C=C([N+](=O)[O-])C1=O. The normalized spacial score (nSPS) is 22.9. The van der Waals surface area contributed by atoms with Crippen molar-refractivity contribution in [2.45, 2.75) is 0 Å². The minimum atomic E-state index is -1.22. The molecule has 10 nitrogen and oxygen atoms in total. The maximum absolute atomic E-state index is 13.4. The number of ketones is 2. The molecule has 2 N–H and O–H groups in total. The molecule has 0 unspecified atom stereocenters. The predicted octanol–water partition coefficient (Wildman–Crippen LogP) is 0.496. The summed E-state index contributed by atoms with van der Waals surface area (Å²) in [5, 5.41) is 24.1. The lowest BCUT2D eigenvalue weighted by Crippen LogP contribution is -2.26. The first-order chi connectivity index (χ1) is 11.9. The molecule has 0 amide bonds. The number of Topliss-reactive ketones (excluding diaryl/α,β-unsaturated/α-hetero) is 1. The highest BCUT2D eigenvalue weighted by atomic mass is 19.1. The summed E-state index contributed by atoms with van der Waals surface area (Å²) in [7, 11) is 0. The molecule has 0 saturated carbocycles. The Morgan fingerprint density at radius 1 is 1.28 bits per heavy atom. The molecule has 3 rings (SSSR count). The lowest BCUT2D eigenvalue weighted by molar-refractivity contribution is -0.418. The third-order valence-corrected chi connectivity index (χ3v) is 3.28. The van der Waals surface area contributed by atoms with E-state index in [0.717, 1.165) is 24.4 Å². The average Bonchev–Trinajstić information content (AvgIpc) is 2.59. The number of hydrazone groups is 1. The van der Waals surface area contributed by atoms with E-state index < -0.39 is 28.1 Å². The molecule has 25 heavy (non-hydrogen) atoms. The van der Waals surface area contributed by atoms with Crippen LogP contribution in [0.2, 0.25) is 0 Å².